The SMILES string of the molecule is CCCCc1ccc(C(C)NCc2cccc(C)n2)cc1. The molecule has 2 rings (SSSR count). The first kappa shape index (κ1) is 15.7. The van der Waals surface area contributed by atoms with E-state index in [2.05, 4.69) is 60.5 Å². The number of aryl methyl sites for hydroxylation is 2. The van der Waals surface area contributed by atoms with Crippen LogP contribution in [0.4, 0.5) is 0 Å². The fourth-order valence-electron chi connectivity index (χ4n) is 2.43. The normalized spacial score (nSPS) is 12.3. The van der Waals surface area contributed by atoms with Crippen molar-refractivity contribution in [3.8, 4) is 0 Å². The molecular weight excluding hydrogens is 256 g/mol. The Morgan fingerprint density at radius 3 is 2.52 bits per heavy atom. The third-order valence-corrected chi connectivity index (χ3v) is 3.83. The van der Waals surface area contributed by atoms with Gasteiger partial charge < -0.3 is 5.32 Å². The smallest absolute Gasteiger partial charge is 0.0545 e. The molecule has 1 N–H and O–H groups in total. The maximum absolute atomic E-state index is 4.52. The second-order valence-electron chi connectivity index (χ2n) is 5.72. The molecule has 2 nitrogen and oxygen atoms in total. The van der Waals surface area contributed by atoms with Gasteiger partial charge in [0.05, 0.1) is 5.69 Å². The predicted molar refractivity (Wildman–Crippen MR) is 89.3 cm³/mol. The summed E-state index contributed by atoms with van der Waals surface area (Å²) in [5.41, 5.74) is 4.94. The van der Waals surface area contributed by atoms with Crippen LogP contribution in [0.25, 0.3) is 0 Å². The summed E-state index contributed by atoms with van der Waals surface area (Å²) in [6, 6.07) is 15.5. The highest BCUT2D eigenvalue weighted by Gasteiger charge is 2.05. The molecule has 0 saturated carbocycles. The number of hydrogen-bond acceptors (Lipinski definition) is 2. The van der Waals surface area contributed by atoms with Crippen LogP contribution in [-0.4, -0.2) is 4.98 Å². The molecule has 0 aliphatic heterocycles. The van der Waals surface area contributed by atoms with Gasteiger partial charge in [-0.15, -0.1) is 0 Å². The number of rotatable bonds is 7. The highest BCUT2D eigenvalue weighted by molar-refractivity contribution is 5.25. The monoisotopic (exact) mass is 282 g/mol. The van der Waals surface area contributed by atoms with E-state index < -0.39 is 0 Å². The van der Waals surface area contributed by atoms with Crippen molar-refractivity contribution < 1.29 is 0 Å². The Morgan fingerprint density at radius 2 is 1.86 bits per heavy atom. The van der Waals surface area contributed by atoms with Gasteiger partial charge in [-0.3, -0.25) is 4.98 Å². The lowest BCUT2D eigenvalue weighted by Gasteiger charge is -2.15. The van der Waals surface area contributed by atoms with Gasteiger partial charge in [-0.25, -0.2) is 0 Å². The largest absolute Gasteiger partial charge is 0.305 e. The van der Waals surface area contributed by atoms with Crippen LogP contribution < -0.4 is 5.32 Å². The summed E-state index contributed by atoms with van der Waals surface area (Å²) in [5, 5.41) is 3.54. The summed E-state index contributed by atoms with van der Waals surface area (Å²) < 4.78 is 0. The third-order valence-electron chi connectivity index (χ3n) is 3.83. The number of hydrogen-bond donors (Lipinski definition) is 1. The second kappa shape index (κ2) is 7.94. The zero-order chi connectivity index (χ0) is 15.1. The van der Waals surface area contributed by atoms with E-state index in [4.69, 9.17) is 0 Å². The van der Waals surface area contributed by atoms with E-state index in [0.717, 1.165) is 17.9 Å². The van der Waals surface area contributed by atoms with Crippen LogP contribution in [0.2, 0.25) is 0 Å². The minimum atomic E-state index is 0.340. The minimum Gasteiger partial charge on any atom is -0.305 e. The standard InChI is InChI=1S/C19H26N2/c1-4-5-8-17-10-12-18(13-11-17)16(3)20-14-19-9-6-7-15(2)21-19/h6-7,9-13,16,20H,4-5,8,14H2,1-3H3. The van der Waals surface area contributed by atoms with Gasteiger partial charge in [-0.1, -0.05) is 43.7 Å². The number of unbranched alkanes of at least 4 members (excludes halogenated alkanes) is 1. The van der Waals surface area contributed by atoms with Crippen molar-refractivity contribution in [2.45, 2.75) is 52.6 Å². The van der Waals surface area contributed by atoms with Gasteiger partial charge in [0.2, 0.25) is 0 Å². The van der Waals surface area contributed by atoms with E-state index in [1.54, 1.807) is 0 Å². The third kappa shape index (κ3) is 4.98. The Kier molecular flexibility index (Phi) is 5.94. The topological polar surface area (TPSA) is 24.9 Å². The maximum Gasteiger partial charge on any atom is 0.0545 e. The van der Waals surface area contributed by atoms with E-state index in [1.807, 2.05) is 13.0 Å². The number of benzene rings is 1. The summed E-state index contributed by atoms with van der Waals surface area (Å²) in [6.45, 7) is 7.28. The fraction of sp³-hybridized carbons (Fsp3) is 0.421. The highest BCUT2D eigenvalue weighted by Crippen LogP contribution is 2.15. The summed E-state index contributed by atoms with van der Waals surface area (Å²) in [6.07, 6.45) is 3.71. The molecule has 0 fully saturated rings. The van der Waals surface area contributed by atoms with E-state index in [1.165, 1.54) is 30.4 Å². The van der Waals surface area contributed by atoms with Crippen molar-refractivity contribution in [1.82, 2.24) is 10.3 Å². The van der Waals surface area contributed by atoms with Crippen LogP contribution in [0.5, 0.6) is 0 Å². The molecule has 1 heterocycles. The maximum atomic E-state index is 4.52. The summed E-state index contributed by atoms with van der Waals surface area (Å²) >= 11 is 0. The molecule has 0 radical (unpaired) electrons. The minimum absolute atomic E-state index is 0.340. The van der Waals surface area contributed by atoms with E-state index in [0.29, 0.717) is 6.04 Å². The number of pyridine rings is 1. The lowest BCUT2D eigenvalue weighted by molar-refractivity contribution is 0.567. The molecule has 1 aromatic heterocycles. The van der Waals surface area contributed by atoms with Crippen molar-refractivity contribution in [2.75, 3.05) is 0 Å². The average molecular weight is 282 g/mol. The molecule has 0 spiro atoms. The van der Waals surface area contributed by atoms with Crippen molar-refractivity contribution in [3.63, 3.8) is 0 Å². The fourth-order valence-corrected chi connectivity index (χ4v) is 2.43. The van der Waals surface area contributed by atoms with Gasteiger partial charge in [0.15, 0.2) is 0 Å². The van der Waals surface area contributed by atoms with Crippen molar-refractivity contribution in [2.24, 2.45) is 0 Å². The van der Waals surface area contributed by atoms with Gasteiger partial charge in [0.1, 0.15) is 0 Å². The van der Waals surface area contributed by atoms with Crippen molar-refractivity contribution >= 4 is 0 Å². The van der Waals surface area contributed by atoms with Gasteiger partial charge in [0.25, 0.3) is 0 Å². The quantitative estimate of drug-likeness (QED) is 0.804. The zero-order valence-corrected chi connectivity index (χ0v) is 13.4. The van der Waals surface area contributed by atoms with Crippen LogP contribution in [0.1, 0.15) is 55.2 Å². The van der Waals surface area contributed by atoms with E-state index in [9.17, 15) is 0 Å². The second-order valence-corrected chi connectivity index (χ2v) is 5.72. The molecule has 1 unspecified atom stereocenters. The van der Waals surface area contributed by atoms with Crippen LogP contribution in [0, 0.1) is 6.92 Å². The molecule has 0 bridgehead atoms. The molecule has 1 atom stereocenters. The molecule has 1 aromatic carbocycles. The summed E-state index contributed by atoms with van der Waals surface area (Å²) in [4.78, 5) is 4.52. The lowest BCUT2D eigenvalue weighted by Crippen LogP contribution is -2.18. The lowest BCUT2D eigenvalue weighted by atomic mass is 10.0. The molecule has 0 aliphatic carbocycles. The molecule has 21 heavy (non-hydrogen) atoms. The van der Waals surface area contributed by atoms with E-state index in [-0.39, 0.29) is 0 Å². The van der Waals surface area contributed by atoms with Crippen LogP contribution in [-0.2, 0) is 13.0 Å². The molecule has 2 aromatic rings. The van der Waals surface area contributed by atoms with Crippen LogP contribution in [0.3, 0.4) is 0 Å². The Hall–Kier alpha value is -1.67. The summed E-state index contributed by atoms with van der Waals surface area (Å²) in [7, 11) is 0. The molecular formula is C19H26N2. The Balaban J connectivity index is 1.89. The Labute approximate surface area is 128 Å². The molecule has 0 aliphatic rings. The first-order chi connectivity index (χ1) is 10.2. The first-order valence-electron chi connectivity index (χ1n) is 7.94. The van der Waals surface area contributed by atoms with Crippen LogP contribution >= 0.6 is 0 Å². The van der Waals surface area contributed by atoms with Crippen molar-refractivity contribution in [1.29, 1.82) is 0 Å². The highest BCUT2D eigenvalue weighted by atomic mass is 14.9. The molecule has 112 valence electrons. The average Bonchev–Trinajstić information content (AvgIpc) is 2.51. The number of aromatic nitrogens is 1. The van der Waals surface area contributed by atoms with Gasteiger partial charge in [-0.05, 0) is 49.9 Å². The van der Waals surface area contributed by atoms with Crippen LogP contribution in [0.15, 0.2) is 42.5 Å². The number of nitrogens with one attached hydrogen (secondary N) is 1. The predicted octanol–water partition coefficient (Wildman–Crippen LogP) is 4.58. The number of nitrogens with zero attached hydrogens (tertiary/aromatic N) is 1. The molecule has 2 heteroatoms. The van der Waals surface area contributed by atoms with Gasteiger partial charge in [0, 0.05) is 18.3 Å². The van der Waals surface area contributed by atoms with Crippen molar-refractivity contribution in [3.05, 3.63) is 65.0 Å². The summed E-state index contributed by atoms with van der Waals surface area (Å²) in [5.74, 6) is 0. The molecule has 0 saturated heterocycles. The molecule has 0 amide bonds. The zero-order valence-electron chi connectivity index (χ0n) is 13.4. The van der Waals surface area contributed by atoms with Gasteiger partial charge >= 0.3 is 0 Å². The van der Waals surface area contributed by atoms with E-state index >= 15 is 0 Å². The Bertz CT molecular complexity index is 546. The van der Waals surface area contributed by atoms with Gasteiger partial charge in [-0.2, -0.15) is 0 Å². The first-order valence-corrected chi connectivity index (χ1v) is 7.94. The Morgan fingerprint density at radius 1 is 1.10 bits per heavy atom.